The average Bonchev–Trinajstić information content (AvgIpc) is 2.43. The number of amides is 3. The molecular weight excluding hydrogens is 258 g/mol. The largest absolute Gasteiger partial charge is 0.324 e. The molecule has 0 spiro atoms. The van der Waals surface area contributed by atoms with E-state index < -0.39 is 5.91 Å². The summed E-state index contributed by atoms with van der Waals surface area (Å²) in [5, 5.41) is 11.3. The minimum absolute atomic E-state index is 0.283. The van der Waals surface area contributed by atoms with Gasteiger partial charge >= 0.3 is 0 Å². The van der Waals surface area contributed by atoms with Gasteiger partial charge < -0.3 is 5.32 Å². The minimum Gasteiger partial charge on any atom is -0.324 e. The van der Waals surface area contributed by atoms with Crippen LogP contribution in [-0.2, 0) is 14.4 Å². The third kappa shape index (κ3) is 3.20. The molecule has 6 heteroatoms. The zero-order valence-electron chi connectivity index (χ0n) is 10.8. The first kappa shape index (κ1) is 13.7. The maximum absolute atomic E-state index is 11.8. The van der Waals surface area contributed by atoms with Crippen LogP contribution in [0.4, 0.5) is 5.69 Å². The van der Waals surface area contributed by atoms with Crippen molar-refractivity contribution in [2.75, 3.05) is 11.9 Å². The van der Waals surface area contributed by atoms with Crippen LogP contribution in [0.2, 0.25) is 0 Å². The monoisotopic (exact) mass is 271 g/mol. The standard InChI is InChI=1S/C14H13N3O3/c15-8-10-3-1-4-11(7-10)16-12(18)9-17-13(19)5-2-6-14(17)20/h1,3-4,7H,2,5-6,9H2,(H,16,18). The van der Waals surface area contributed by atoms with Crippen LogP contribution >= 0.6 is 0 Å². The van der Waals surface area contributed by atoms with E-state index >= 15 is 0 Å². The zero-order valence-corrected chi connectivity index (χ0v) is 10.8. The first-order valence-corrected chi connectivity index (χ1v) is 6.23. The molecule has 1 saturated heterocycles. The fraction of sp³-hybridized carbons (Fsp3) is 0.286. The Labute approximate surface area is 116 Å². The summed E-state index contributed by atoms with van der Waals surface area (Å²) in [5.74, 6) is -1.09. The number of piperidine rings is 1. The van der Waals surface area contributed by atoms with Crippen molar-refractivity contribution in [2.24, 2.45) is 0 Å². The average molecular weight is 271 g/mol. The molecule has 0 unspecified atom stereocenters. The predicted octanol–water partition coefficient (Wildman–Crippen LogP) is 1.04. The highest BCUT2D eigenvalue weighted by atomic mass is 16.2. The Balaban J connectivity index is 2.00. The number of nitriles is 1. The number of carbonyl (C=O) groups is 3. The number of anilines is 1. The van der Waals surface area contributed by atoms with Crippen LogP contribution in [0.25, 0.3) is 0 Å². The van der Waals surface area contributed by atoms with E-state index in [1.54, 1.807) is 18.2 Å². The summed E-state index contributed by atoms with van der Waals surface area (Å²) in [5.41, 5.74) is 0.888. The molecular formula is C14H13N3O3. The molecule has 1 heterocycles. The van der Waals surface area contributed by atoms with Gasteiger partial charge in [0.05, 0.1) is 11.6 Å². The Morgan fingerprint density at radius 2 is 2.00 bits per heavy atom. The van der Waals surface area contributed by atoms with E-state index in [1.807, 2.05) is 6.07 Å². The van der Waals surface area contributed by atoms with Gasteiger partial charge in [0.15, 0.2) is 0 Å². The van der Waals surface area contributed by atoms with E-state index in [4.69, 9.17) is 5.26 Å². The van der Waals surface area contributed by atoms with Crippen LogP contribution in [0.1, 0.15) is 24.8 Å². The normalized spacial score (nSPS) is 14.8. The summed E-state index contributed by atoms with van der Waals surface area (Å²) < 4.78 is 0. The quantitative estimate of drug-likeness (QED) is 0.831. The highest BCUT2D eigenvalue weighted by molar-refractivity contribution is 6.03. The summed E-state index contributed by atoms with van der Waals surface area (Å²) >= 11 is 0. The lowest BCUT2D eigenvalue weighted by molar-refractivity contribution is -0.150. The molecule has 1 aromatic carbocycles. The maximum Gasteiger partial charge on any atom is 0.244 e. The number of benzene rings is 1. The third-order valence-corrected chi connectivity index (χ3v) is 2.96. The number of carbonyl (C=O) groups excluding carboxylic acids is 3. The Bertz CT molecular complexity index is 588. The number of hydrogen-bond donors (Lipinski definition) is 1. The van der Waals surface area contributed by atoms with Crippen LogP contribution in [0.3, 0.4) is 0 Å². The van der Waals surface area contributed by atoms with Crippen LogP contribution in [0.15, 0.2) is 24.3 Å². The molecule has 0 aliphatic carbocycles. The molecule has 20 heavy (non-hydrogen) atoms. The molecule has 0 atom stereocenters. The number of rotatable bonds is 3. The van der Waals surface area contributed by atoms with Crippen LogP contribution in [-0.4, -0.2) is 29.2 Å². The minimum atomic E-state index is -0.455. The highest BCUT2D eigenvalue weighted by Gasteiger charge is 2.27. The molecule has 1 aliphatic heterocycles. The van der Waals surface area contributed by atoms with Crippen molar-refractivity contribution in [2.45, 2.75) is 19.3 Å². The Morgan fingerprint density at radius 3 is 2.65 bits per heavy atom. The van der Waals surface area contributed by atoms with Crippen molar-refractivity contribution in [3.8, 4) is 6.07 Å². The van der Waals surface area contributed by atoms with Gasteiger partial charge in [-0.15, -0.1) is 0 Å². The molecule has 1 fully saturated rings. The fourth-order valence-corrected chi connectivity index (χ4v) is 1.99. The van der Waals surface area contributed by atoms with Gasteiger partial charge in [0.1, 0.15) is 6.54 Å². The van der Waals surface area contributed by atoms with E-state index in [0.717, 1.165) is 4.90 Å². The van der Waals surface area contributed by atoms with Crippen molar-refractivity contribution < 1.29 is 14.4 Å². The van der Waals surface area contributed by atoms with Gasteiger partial charge in [-0.25, -0.2) is 0 Å². The van der Waals surface area contributed by atoms with E-state index in [0.29, 0.717) is 30.5 Å². The van der Waals surface area contributed by atoms with Crippen molar-refractivity contribution in [3.63, 3.8) is 0 Å². The number of hydrogen-bond acceptors (Lipinski definition) is 4. The number of imide groups is 1. The molecule has 0 bridgehead atoms. The summed E-state index contributed by atoms with van der Waals surface area (Å²) in [7, 11) is 0. The topological polar surface area (TPSA) is 90.3 Å². The van der Waals surface area contributed by atoms with E-state index in [1.165, 1.54) is 6.07 Å². The molecule has 102 valence electrons. The Hall–Kier alpha value is -2.68. The molecule has 1 aromatic rings. The molecule has 0 saturated carbocycles. The van der Waals surface area contributed by atoms with Crippen LogP contribution in [0.5, 0.6) is 0 Å². The van der Waals surface area contributed by atoms with Crippen molar-refractivity contribution in [1.29, 1.82) is 5.26 Å². The van der Waals surface area contributed by atoms with Gasteiger partial charge in [-0.05, 0) is 24.6 Å². The van der Waals surface area contributed by atoms with Crippen molar-refractivity contribution in [3.05, 3.63) is 29.8 Å². The number of nitrogens with one attached hydrogen (secondary N) is 1. The van der Waals surface area contributed by atoms with E-state index in [9.17, 15) is 14.4 Å². The first-order valence-electron chi connectivity index (χ1n) is 6.23. The Kier molecular flexibility index (Phi) is 4.11. The Morgan fingerprint density at radius 1 is 1.30 bits per heavy atom. The van der Waals surface area contributed by atoms with Gasteiger partial charge in [-0.2, -0.15) is 5.26 Å². The zero-order chi connectivity index (χ0) is 14.5. The molecule has 1 N–H and O–H groups in total. The lowest BCUT2D eigenvalue weighted by Crippen LogP contribution is -2.44. The van der Waals surface area contributed by atoms with Gasteiger partial charge in [0.25, 0.3) is 0 Å². The molecule has 1 aliphatic rings. The van der Waals surface area contributed by atoms with E-state index in [2.05, 4.69) is 5.32 Å². The van der Waals surface area contributed by atoms with E-state index in [-0.39, 0.29) is 18.4 Å². The van der Waals surface area contributed by atoms with Gasteiger partial charge in [0.2, 0.25) is 17.7 Å². The second-order valence-corrected chi connectivity index (χ2v) is 4.47. The maximum atomic E-state index is 11.8. The summed E-state index contributed by atoms with van der Waals surface area (Å²) in [6.07, 6.45) is 1.13. The molecule has 0 radical (unpaired) electrons. The van der Waals surface area contributed by atoms with Gasteiger partial charge in [-0.3, -0.25) is 19.3 Å². The number of likely N-dealkylation sites (tertiary alicyclic amines) is 1. The second kappa shape index (κ2) is 5.97. The summed E-state index contributed by atoms with van der Waals surface area (Å²) in [6, 6.07) is 8.39. The number of nitrogens with zero attached hydrogens (tertiary/aromatic N) is 2. The molecule has 6 nitrogen and oxygen atoms in total. The van der Waals surface area contributed by atoms with Gasteiger partial charge in [0, 0.05) is 18.5 Å². The smallest absolute Gasteiger partial charge is 0.244 e. The summed E-state index contributed by atoms with van der Waals surface area (Å²) in [4.78, 5) is 36.0. The van der Waals surface area contributed by atoms with Crippen LogP contribution < -0.4 is 5.32 Å². The SMILES string of the molecule is N#Cc1cccc(NC(=O)CN2C(=O)CCCC2=O)c1. The van der Waals surface area contributed by atoms with Crippen LogP contribution in [0, 0.1) is 11.3 Å². The lowest BCUT2D eigenvalue weighted by Gasteiger charge is -2.24. The third-order valence-electron chi connectivity index (χ3n) is 2.96. The highest BCUT2D eigenvalue weighted by Crippen LogP contribution is 2.13. The second-order valence-electron chi connectivity index (χ2n) is 4.47. The van der Waals surface area contributed by atoms with Crippen molar-refractivity contribution in [1.82, 2.24) is 4.90 Å². The molecule has 0 aromatic heterocycles. The predicted molar refractivity (Wildman–Crippen MR) is 70.4 cm³/mol. The van der Waals surface area contributed by atoms with Crippen molar-refractivity contribution >= 4 is 23.4 Å². The first-order chi connectivity index (χ1) is 9.60. The van der Waals surface area contributed by atoms with Gasteiger partial charge in [-0.1, -0.05) is 6.07 Å². The fourth-order valence-electron chi connectivity index (χ4n) is 1.99. The lowest BCUT2D eigenvalue weighted by atomic mass is 10.1. The molecule has 2 rings (SSSR count). The molecule has 3 amide bonds. The summed E-state index contributed by atoms with van der Waals surface area (Å²) in [6.45, 7) is -0.283.